The van der Waals surface area contributed by atoms with Crippen LogP contribution in [0.15, 0.2) is 24.3 Å². The van der Waals surface area contributed by atoms with Crippen LogP contribution in [0.1, 0.15) is 10.4 Å². The van der Waals surface area contributed by atoms with Gasteiger partial charge < -0.3 is 0 Å². The van der Waals surface area contributed by atoms with Gasteiger partial charge in [0, 0.05) is 0 Å². The van der Waals surface area contributed by atoms with E-state index in [9.17, 15) is 27.2 Å². The SMILES string of the molecule is O=C(NC(=O)N(I)c1cc(Cl)c(F)c(Cl)c1F)c1c(F)cccc1F. The third-order valence-corrected chi connectivity index (χ3v) is 4.45. The minimum Gasteiger partial charge on any atom is -0.273 e. The van der Waals surface area contributed by atoms with Crippen molar-refractivity contribution >= 4 is 63.7 Å². The molecule has 0 spiro atoms. The van der Waals surface area contributed by atoms with E-state index in [4.69, 9.17) is 23.2 Å². The average molecular weight is 507 g/mol. The number of benzene rings is 2. The van der Waals surface area contributed by atoms with E-state index in [-0.39, 0.29) is 0 Å². The number of anilines is 1. The summed E-state index contributed by atoms with van der Waals surface area (Å²) in [6.07, 6.45) is 0. The summed E-state index contributed by atoms with van der Waals surface area (Å²) in [6.45, 7) is 0. The van der Waals surface area contributed by atoms with Gasteiger partial charge in [0.15, 0.2) is 11.6 Å². The topological polar surface area (TPSA) is 49.4 Å². The molecule has 0 fully saturated rings. The van der Waals surface area contributed by atoms with Gasteiger partial charge in [-0.3, -0.25) is 10.1 Å². The predicted molar refractivity (Wildman–Crippen MR) is 92.1 cm³/mol. The van der Waals surface area contributed by atoms with Gasteiger partial charge in [0.05, 0.1) is 33.6 Å². The Morgan fingerprint density at radius 3 is 2.16 bits per heavy atom. The number of amides is 3. The van der Waals surface area contributed by atoms with Crippen LogP contribution in [0.2, 0.25) is 10.0 Å². The van der Waals surface area contributed by atoms with Crippen molar-refractivity contribution in [1.82, 2.24) is 5.32 Å². The zero-order valence-electron chi connectivity index (χ0n) is 11.7. The molecule has 1 N–H and O–H groups in total. The fourth-order valence-corrected chi connectivity index (χ4v) is 2.65. The minimum atomic E-state index is -1.39. The average Bonchev–Trinajstić information content (AvgIpc) is 2.55. The Morgan fingerprint density at radius 2 is 1.60 bits per heavy atom. The first-order valence-corrected chi connectivity index (χ1v) is 7.95. The van der Waals surface area contributed by atoms with Crippen LogP contribution >= 0.6 is 46.1 Å². The van der Waals surface area contributed by atoms with E-state index in [1.54, 1.807) is 5.32 Å². The lowest BCUT2D eigenvalue weighted by atomic mass is 10.2. The minimum absolute atomic E-state index is 0.515. The Hall–Kier alpha value is -1.59. The van der Waals surface area contributed by atoms with Crippen LogP contribution in [0.4, 0.5) is 28.0 Å². The van der Waals surface area contributed by atoms with E-state index in [0.29, 0.717) is 3.11 Å². The molecular weight excluding hydrogens is 502 g/mol. The Kier molecular flexibility index (Phi) is 6.12. The molecule has 2 rings (SSSR count). The first kappa shape index (κ1) is 19.7. The summed E-state index contributed by atoms with van der Waals surface area (Å²) in [6, 6.07) is 2.18. The van der Waals surface area contributed by atoms with Crippen molar-refractivity contribution in [3.05, 3.63) is 63.1 Å². The highest BCUT2D eigenvalue weighted by atomic mass is 127. The zero-order chi connectivity index (χ0) is 18.9. The lowest BCUT2D eigenvalue weighted by Gasteiger charge is -2.17. The van der Waals surface area contributed by atoms with Gasteiger partial charge in [0.2, 0.25) is 0 Å². The van der Waals surface area contributed by atoms with E-state index in [2.05, 4.69) is 0 Å². The maximum absolute atomic E-state index is 14.0. The Balaban J connectivity index is 2.29. The molecule has 3 amide bonds. The van der Waals surface area contributed by atoms with Crippen molar-refractivity contribution in [2.75, 3.05) is 3.11 Å². The lowest BCUT2D eigenvalue weighted by Crippen LogP contribution is -2.39. The van der Waals surface area contributed by atoms with Crippen LogP contribution in [0, 0.1) is 23.3 Å². The maximum atomic E-state index is 14.0. The van der Waals surface area contributed by atoms with Gasteiger partial charge >= 0.3 is 6.03 Å². The number of nitrogens with one attached hydrogen (secondary N) is 1. The van der Waals surface area contributed by atoms with Crippen LogP contribution in [-0.4, -0.2) is 11.9 Å². The number of hydrogen-bond donors (Lipinski definition) is 1. The Bertz CT molecular complexity index is 862. The molecule has 0 saturated heterocycles. The molecule has 0 aliphatic rings. The van der Waals surface area contributed by atoms with Crippen LogP contribution in [0.3, 0.4) is 0 Å². The molecule has 0 radical (unpaired) electrons. The van der Waals surface area contributed by atoms with Crippen molar-refractivity contribution in [1.29, 1.82) is 0 Å². The largest absolute Gasteiger partial charge is 0.337 e. The van der Waals surface area contributed by atoms with Gasteiger partial charge in [-0.1, -0.05) is 29.3 Å². The fraction of sp³-hybridized carbons (Fsp3) is 0. The third kappa shape index (κ3) is 3.98. The van der Waals surface area contributed by atoms with Gasteiger partial charge in [-0.2, -0.15) is 0 Å². The summed E-state index contributed by atoms with van der Waals surface area (Å²) in [7, 11) is 0. The summed E-state index contributed by atoms with van der Waals surface area (Å²) >= 11 is 12.2. The number of carbonyl (C=O) groups is 2. The predicted octanol–water partition coefficient (Wildman–Crippen LogP) is 5.26. The lowest BCUT2D eigenvalue weighted by molar-refractivity contribution is 0.0958. The Labute approximate surface area is 162 Å². The number of halogens is 7. The van der Waals surface area contributed by atoms with Gasteiger partial charge in [-0.05, 0) is 18.2 Å². The molecule has 0 saturated carbocycles. The standard InChI is InChI=1S/C14H5Cl2F4IN2O2/c15-5-4-8(12(20)10(16)11(5)19)23(21)14(25)22-13(24)9-6(17)2-1-3-7(9)18/h1-4H,(H,22,24,25). The molecule has 4 nitrogen and oxygen atoms in total. The first-order chi connectivity index (χ1) is 11.6. The number of nitrogens with zero attached hydrogens (tertiary/aromatic N) is 1. The van der Waals surface area contributed by atoms with Gasteiger partial charge in [0.25, 0.3) is 5.91 Å². The molecule has 2 aromatic rings. The van der Waals surface area contributed by atoms with Crippen LogP contribution in [-0.2, 0) is 0 Å². The normalized spacial score (nSPS) is 10.5. The monoisotopic (exact) mass is 506 g/mol. The molecular formula is C14H5Cl2F4IN2O2. The van der Waals surface area contributed by atoms with Gasteiger partial charge in [0.1, 0.15) is 22.2 Å². The fourth-order valence-electron chi connectivity index (χ4n) is 1.74. The molecule has 0 bridgehead atoms. The molecule has 11 heteroatoms. The second kappa shape index (κ2) is 7.75. The summed E-state index contributed by atoms with van der Waals surface area (Å²) in [5.41, 5.74) is -1.55. The quantitative estimate of drug-likeness (QED) is 0.199. The van der Waals surface area contributed by atoms with Crippen molar-refractivity contribution in [2.45, 2.75) is 0 Å². The molecule has 0 heterocycles. The molecule has 0 unspecified atom stereocenters. The molecule has 132 valence electrons. The third-order valence-electron chi connectivity index (χ3n) is 2.88. The summed E-state index contributed by atoms with van der Waals surface area (Å²) in [5.74, 6) is -6.30. The van der Waals surface area contributed by atoms with E-state index in [1.807, 2.05) is 0 Å². The highest BCUT2D eigenvalue weighted by Gasteiger charge is 2.26. The van der Waals surface area contributed by atoms with Crippen molar-refractivity contribution in [3.63, 3.8) is 0 Å². The van der Waals surface area contributed by atoms with E-state index in [1.165, 1.54) is 22.9 Å². The molecule has 0 aliphatic heterocycles. The van der Waals surface area contributed by atoms with E-state index < -0.39 is 56.5 Å². The molecule has 2 aromatic carbocycles. The number of imide groups is 1. The zero-order valence-corrected chi connectivity index (χ0v) is 15.4. The van der Waals surface area contributed by atoms with Gasteiger partial charge in [-0.25, -0.2) is 25.5 Å². The second-order valence-corrected chi connectivity index (χ2v) is 6.21. The number of hydrogen-bond acceptors (Lipinski definition) is 2. The molecule has 0 aliphatic carbocycles. The summed E-state index contributed by atoms with van der Waals surface area (Å²) < 4.78 is 54.9. The van der Waals surface area contributed by atoms with E-state index in [0.717, 1.165) is 24.3 Å². The smallest absolute Gasteiger partial charge is 0.273 e. The van der Waals surface area contributed by atoms with Crippen LogP contribution in [0.5, 0.6) is 0 Å². The van der Waals surface area contributed by atoms with Crippen molar-refractivity contribution in [2.24, 2.45) is 0 Å². The summed E-state index contributed by atoms with van der Waals surface area (Å²) in [4.78, 5) is 23.9. The van der Waals surface area contributed by atoms with Gasteiger partial charge in [-0.15, -0.1) is 0 Å². The number of carbonyl (C=O) groups excluding carboxylic acids is 2. The second-order valence-electron chi connectivity index (χ2n) is 4.46. The molecule has 0 atom stereocenters. The molecule has 25 heavy (non-hydrogen) atoms. The summed E-state index contributed by atoms with van der Waals surface area (Å²) in [5, 5.41) is 0.148. The number of urea groups is 1. The highest BCUT2D eigenvalue weighted by Crippen LogP contribution is 2.35. The van der Waals surface area contributed by atoms with Crippen molar-refractivity contribution in [3.8, 4) is 0 Å². The maximum Gasteiger partial charge on any atom is 0.337 e. The Morgan fingerprint density at radius 1 is 1.04 bits per heavy atom. The number of rotatable bonds is 2. The molecule has 0 aromatic heterocycles. The van der Waals surface area contributed by atoms with Crippen LogP contribution < -0.4 is 8.43 Å². The highest BCUT2D eigenvalue weighted by molar-refractivity contribution is 14.1. The van der Waals surface area contributed by atoms with Crippen molar-refractivity contribution < 1.29 is 27.2 Å². The first-order valence-electron chi connectivity index (χ1n) is 6.23. The van der Waals surface area contributed by atoms with Crippen LogP contribution in [0.25, 0.3) is 0 Å². The van der Waals surface area contributed by atoms with E-state index >= 15 is 0 Å².